The van der Waals surface area contributed by atoms with Gasteiger partial charge >= 0.3 is 6.18 Å². The summed E-state index contributed by atoms with van der Waals surface area (Å²) in [6.07, 6.45) is -4.43. The molecular weight excluding hydrogens is 357 g/mol. The van der Waals surface area contributed by atoms with Crippen molar-refractivity contribution >= 4 is 5.91 Å². The van der Waals surface area contributed by atoms with Crippen LogP contribution < -0.4 is 10.1 Å². The molecule has 2 aromatic carbocycles. The van der Waals surface area contributed by atoms with Gasteiger partial charge in [-0.15, -0.1) is 0 Å². The van der Waals surface area contributed by atoms with Crippen LogP contribution in [0.3, 0.4) is 0 Å². The molecule has 0 spiro atoms. The van der Waals surface area contributed by atoms with E-state index in [0.717, 1.165) is 38.3 Å². The average Bonchev–Trinajstić information content (AvgIpc) is 3.23. The van der Waals surface area contributed by atoms with Crippen molar-refractivity contribution in [1.82, 2.24) is 10.2 Å². The fraction of sp³-hybridized carbons (Fsp3) is 0.350. The van der Waals surface area contributed by atoms with Crippen LogP contribution in [0.25, 0.3) is 0 Å². The SMILES string of the molecule is O=C(c1cccc(Oc2cccc(C(F)(F)F)c2)c1)N1C[C@H]2CNC[C@H]2C1. The second kappa shape index (κ2) is 6.88. The molecule has 2 aromatic rings. The number of ether oxygens (including phenoxy) is 1. The van der Waals surface area contributed by atoms with E-state index in [4.69, 9.17) is 4.74 Å². The van der Waals surface area contributed by atoms with E-state index in [2.05, 4.69) is 5.32 Å². The van der Waals surface area contributed by atoms with Crippen LogP contribution in [0, 0.1) is 11.8 Å². The second-order valence-electron chi connectivity index (χ2n) is 7.04. The van der Waals surface area contributed by atoms with Gasteiger partial charge in [-0.3, -0.25) is 4.79 Å². The fourth-order valence-electron chi connectivity index (χ4n) is 3.77. The largest absolute Gasteiger partial charge is 0.457 e. The molecule has 1 N–H and O–H groups in total. The molecule has 7 heteroatoms. The lowest BCUT2D eigenvalue weighted by Crippen LogP contribution is -2.31. The third-order valence-electron chi connectivity index (χ3n) is 5.15. The maximum Gasteiger partial charge on any atom is 0.416 e. The number of hydrogen-bond donors (Lipinski definition) is 1. The quantitative estimate of drug-likeness (QED) is 0.886. The Labute approximate surface area is 154 Å². The third kappa shape index (κ3) is 3.78. The smallest absolute Gasteiger partial charge is 0.416 e. The number of benzene rings is 2. The van der Waals surface area contributed by atoms with Crippen LogP contribution in [0.4, 0.5) is 13.2 Å². The maximum absolute atomic E-state index is 12.8. The number of nitrogens with zero attached hydrogens (tertiary/aromatic N) is 1. The first-order valence-electron chi connectivity index (χ1n) is 8.85. The molecular formula is C20H19F3N2O2. The van der Waals surface area contributed by atoms with E-state index < -0.39 is 11.7 Å². The highest BCUT2D eigenvalue weighted by atomic mass is 19.4. The summed E-state index contributed by atoms with van der Waals surface area (Å²) in [7, 11) is 0. The lowest BCUT2D eigenvalue weighted by molar-refractivity contribution is -0.137. The van der Waals surface area contributed by atoms with Gasteiger partial charge in [0.15, 0.2) is 0 Å². The number of hydrogen-bond acceptors (Lipinski definition) is 3. The van der Waals surface area contributed by atoms with Crippen molar-refractivity contribution in [2.75, 3.05) is 26.2 Å². The Morgan fingerprint density at radius 2 is 1.63 bits per heavy atom. The van der Waals surface area contributed by atoms with Gasteiger partial charge in [0.2, 0.25) is 0 Å². The highest BCUT2D eigenvalue weighted by molar-refractivity contribution is 5.94. The van der Waals surface area contributed by atoms with Crippen LogP contribution in [0.2, 0.25) is 0 Å². The number of nitrogens with one attached hydrogen (secondary N) is 1. The number of carbonyl (C=O) groups is 1. The van der Waals surface area contributed by atoms with Gasteiger partial charge in [0.25, 0.3) is 5.91 Å². The first-order valence-corrected chi connectivity index (χ1v) is 8.85. The number of carbonyl (C=O) groups excluding carboxylic acids is 1. The van der Waals surface area contributed by atoms with Crippen LogP contribution >= 0.6 is 0 Å². The number of fused-ring (bicyclic) bond motifs is 1. The predicted molar refractivity (Wildman–Crippen MR) is 93.7 cm³/mol. The zero-order valence-corrected chi connectivity index (χ0v) is 14.5. The second-order valence-corrected chi connectivity index (χ2v) is 7.04. The van der Waals surface area contributed by atoms with Gasteiger partial charge in [-0.1, -0.05) is 12.1 Å². The van der Waals surface area contributed by atoms with Crippen LogP contribution in [0.15, 0.2) is 48.5 Å². The molecule has 4 rings (SSSR count). The first kappa shape index (κ1) is 17.9. The molecule has 0 unspecified atom stereocenters. The fourth-order valence-corrected chi connectivity index (χ4v) is 3.77. The van der Waals surface area contributed by atoms with Crippen LogP contribution in [0.5, 0.6) is 11.5 Å². The van der Waals surface area contributed by atoms with Crippen molar-refractivity contribution in [2.24, 2.45) is 11.8 Å². The molecule has 4 nitrogen and oxygen atoms in total. The van der Waals surface area contributed by atoms with E-state index in [1.165, 1.54) is 12.1 Å². The molecule has 2 fully saturated rings. The summed E-state index contributed by atoms with van der Waals surface area (Å²) in [5.41, 5.74) is -0.295. The molecule has 2 atom stereocenters. The van der Waals surface area contributed by atoms with Gasteiger partial charge in [-0.25, -0.2) is 0 Å². The molecule has 27 heavy (non-hydrogen) atoms. The number of likely N-dealkylation sites (tertiary alicyclic amines) is 1. The number of amides is 1. The molecule has 2 aliphatic rings. The van der Waals surface area contributed by atoms with Gasteiger partial charge < -0.3 is 15.0 Å². The topological polar surface area (TPSA) is 41.6 Å². The Morgan fingerprint density at radius 1 is 1.00 bits per heavy atom. The summed E-state index contributed by atoms with van der Waals surface area (Å²) in [4.78, 5) is 14.6. The van der Waals surface area contributed by atoms with Crippen molar-refractivity contribution in [3.8, 4) is 11.5 Å². The Hall–Kier alpha value is -2.54. The molecule has 2 heterocycles. The van der Waals surface area contributed by atoms with Gasteiger partial charge in [-0.05, 0) is 48.2 Å². The number of rotatable bonds is 3. The maximum atomic E-state index is 12.8. The number of halogens is 3. The summed E-state index contributed by atoms with van der Waals surface area (Å²) in [5, 5.41) is 3.34. The zero-order chi connectivity index (χ0) is 19.0. The highest BCUT2D eigenvalue weighted by Gasteiger charge is 2.38. The zero-order valence-electron chi connectivity index (χ0n) is 14.5. The minimum absolute atomic E-state index is 0.0705. The Kier molecular flexibility index (Phi) is 4.55. The standard InChI is InChI=1S/C20H19F3N2O2/c21-20(22,23)16-4-2-6-18(8-16)27-17-5-1-3-13(7-17)19(26)25-11-14-9-24-10-15(14)12-25/h1-8,14-15,24H,9-12H2/t14-,15+. The third-order valence-corrected chi connectivity index (χ3v) is 5.15. The Balaban J connectivity index is 1.49. The van der Waals surface area contributed by atoms with E-state index in [1.54, 1.807) is 24.3 Å². The molecule has 0 aliphatic carbocycles. The van der Waals surface area contributed by atoms with Crippen molar-refractivity contribution in [3.63, 3.8) is 0 Å². The summed E-state index contributed by atoms with van der Waals surface area (Å²) >= 11 is 0. The van der Waals surface area contributed by atoms with E-state index in [9.17, 15) is 18.0 Å². The first-order chi connectivity index (χ1) is 12.9. The van der Waals surface area contributed by atoms with Crippen LogP contribution in [-0.4, -0.2) is 37.0 Å². The summed E-state index contributed by atoms with van der Waals surface area (Å²) in [6.45, 7) is 3.34. The Morgan fingerprint density at radius 3 is 2.30 bits per heavy atom. The van der Waals surface area contributed by atoms with Crippen molar-refractivity contribution in [2.45, 2.75) is 6.18 Å². The van der Waals surface area contributed by atoms with E-state index in [0.29, 0.717) is 23.1 Å². The van der Waals surface area contributed by atoms with Crippen molar-refractivity contribution in [3.05, 3.63) is 59.7 Å². The van der Waals surface area contributed by atoms with Gasteiger partial charge in [0.05, 0.1) is 5.56 Å². The minimum Gasteiger partial charge on any atom is -0.457 e. The molecule has 0 radical (unpaired) electrons. The van der Waals surface area contributed by atoms with E-state index in [-0.39, 0.29) is 11.7 Å². The number of alkyl halides is 3. The summed E-state index contributed by atoms with van der Waals surface area (Å²) in [5.74, 6) is 1.34. The normalized spacial score (nSPS) is 22.0. The predicted octanol–water partition coefficient (Wildman–Crippen LogP) is 3.79. The van der Waals surface area contributed by atoms with Crippen LogP contribution in [-0.2, 0) is 6.18 Å². The lowest BCUT2D eigenvalue weighted by Gasteiger charge is -2.18. The van der Waals surface area contributed by atoms with Gasteiger partial charge in [0.1, 0.15) is 11.5 Å². The lowest BCUT2D eigenvalue weighted by atomic mass is 10.0. The van der Waals surface area contributed by atoms with Gasteiger partial charge in [-0.2, -0.15) is 13.2 Å². The van der Waals surface area contributed by atoms with E-state index in [1.807, 2.05) is 4.90 Å². The average molecular weight is 376 g/mol. The highest BCUT2D eigenvalue weighted by Crippen LogP contribution is 2.33. The Bertz CT molecular complexity index is 841. The summed E-state index contributed by atoms with van der Waals surface area (Å²) in [6, 6.07) is 11.3. The molecule has 2 aliphatic heterocycles. The molecule has 2 saturated heterocycles. The van der Waals surface area contributed by atoms with Gasteiger partial charge in [0, 0.05) is 31.7 Å². The summed E-state index contributed by atoms with van der Waals surface area (Å²) < 4.78 is 44.1. The molecule has 0 saturated carbocycles. The van der Waals surface area contributed by atoms with Crippen molar-refractivity contribution in [1.29, 1.82) is 0 Å². The monoisotopic (exact) mass is 376 g/mol. The minimum atomic E-state index is -4.43. The molecule has 0 aromatic heterocycles. The molecule has 142 valence electrons. The van der Waals surface area contributed by atoms with Crippen molar-refractivity contribution < 1.29 is 22.7 Å². The molecule has 0 bridgehead atoms. The van der Waals surface area contributed by atoms with Crippen LogP contribution in [0.1, 0.15) is 15.9 Å². The molecule has 1 amide bonds. The van der Waals surface area contributed by atoms with E-state index >= 15 is 0 Å².